The summed E-state index contributed by atoms with van der Waals surface area (Å²) in [5.74, 6) is 0.0734. The summed E-state index contributed by atoms with van der Waals surface area (Å²) in [6, 6.07) is 4.57. The van der Waals surface area contributed by atoms with Crippen molar-refractivity contribution >= 4 is 23.2 Å². The van der Waals surface area contributed by atoms with E-state index in [1.54, 1.807) is 17.0 Å². The van der Waals surface area contributed by atoms with Crippen molar-refractivity contribution in [3.05, 3.63) is 39.4 Å². The molecule has 0 aliphatic carbocycles. The molecule has 1 heterocycles. The Labute approximate surface area is 116 Å². The first-order chi connectivity index (χ1) is 9.04. The Kier molecular flexibility index (Phi) is 4.04. The summed E-state index contributed by atoms with van der Waals surface area (Å²) < 4.78 is 0. The number of benzene rings is 1. The van der Waals surface area contributed by atoms with Gasteiger partial charge in [-0.3, -0.25) is 14.9 Å². The van der Waals surface area contributed by atoms with Crippen molar-refractivity contribution in [2.75, 3.05) is 12.4 Å². The maximum atomic E-state index is 12.5. The molecular weight excluding hydrogens is 268 g/mol. The van der Waals surface area contributed by atoms with Crippen molar-refractivity contribution < 1.29 is 9.72 Å². The number of aryl methyl sites for hydroxylation is 1. The standard InChI is InChI=1S/C13H15ClN2O3/c1-9-4-5-12(16(18)19)11(7-9)13(17)15-6-2-3-10(15)8-14/h4-5,7,10H,2-3,6,8H2,1H3. The van der Waals surface area contributed by atoms with E-state index in [0.717, 1.165) is 18.4 Å². The van der Waals surface area contributed by atoms with Crippen LogP contribution in [0.4, 0.5) is 5.69 Å². The highest BCUT2D eigenvalue weighted by molar-refractivity contribution is 6.18. The fraction of sp³-hybridized carbons (Fsp3) is 0.462. The zero-order chi connectivity index (χ0) is 14.0. The van der Waals surface area contributed by atoms with Crippen LogP contribution in [0, 0.1) is 17.0 Å². The summed E-state index contributed by atoms with van der Waals surface area (Å²) in [6.45, 7) is 2.42. The van der Waals surface area contributed by atoms with Crippen molar-refractivity contribution in [1.82, 2.24) is 4.90 Å². The molecule has 0 bridgehead atoms. The molecule has 2 rings (SSSR count). The molecule has 1 unspecified atom stereocenters. The molecule has 1 aromatic rings. The van der Waals surface area contributed by atoms with Crippen LogP contribution >= 0.6 is 11.6 Å². The number of carbonyl (C=O) groups excluding carboxylic acids is 1. The van der Waals surface area contributed by atoms with E-state index in [1.807, 2.05) is 6.92 Å². The summed E-state index contributed by atoms with van der Waals surface area (Å²) in [7, 11) is 0. The fourth-order valence-electron chi connectivity index (χ4n) is 2.40. The van der Waals surface area contributed by atoms with Gasteiger partial charge in [0.1, 0.15) is 5.56 Å². The van der Waals surface area contributed by atoms with Crippen LogP contribution in [0.15, 0.2) is 18.2 Å². The summed E-state index contributed by atoms with van der Waals surface area (Å²) in [6.07, 6.45) is 1.75. The minimum absolute atomic E-state index is 0.0192. The molecule has 0 aromatic heterocycles. The highest BCUT2D eigenvalue weighted by atomic mass is 35.5. The summed E-state index contributed by atoms with van der Waals surface area (Å²) in [5.41, 5.74) is 0.841. The van der Waals surface area contributed by atoms with Crippen LogP contribution in [-0.2, 0) is 0 Å². The fourth-order valence-corrected chi connectivity index (χ4v) is 2.72. The Hall–Kier alpha value is -1.62. The Morgan fingerprint density at radius 3 is 2.95 bits per heavy atom. The van der Waals surface area contributed by atoms with E-state index in [9.17, 15) is 14.9 Å². The van der Waals surface area contributed by atoms with E-state index >= 15 is 0 Å². The molecule has 0 saturated carbocycles. The second-order valence-corrected chi connectivity index (χ2v) is 5.04. The van der Waals surface area contributed by atoms with Gasteiger partial charge in [-0.15, -0.1) is 11.6 Å². The first-order valence-electron chi connectivity index (χ1n) is 6.16. The van der Waals surface area contributed by atoms with Gasteiger partial charge in [0, 0.05) is 24.5 Å². The van der Waals surface area contributed by atoms with Crippen molar-refractivity contribution in [2.45, 2.75) is 25.8 Å². The first kappa shape index (κ1) is 13.8. The third kappa shape index (κ3) is 2.71. The van der Waals surface area contributed by atoms with Gasteiger partial charge in [0.25, 0.3) is 11.6 Å². The molecule has 5 nitrogen and oxygen atoms in total. The largest absolute Gasteiger partial charge is 0.334 e. The van der Waals surface area contributed by atoms with E-state index in [2.05, 4.69) is 0 Å². The van der Waals surface area contributed by atoms with Crippen molar-refractivity contribution in [2.24, 2.45) is 0 Å². The predicted molar refractivity (Wildman–Crippen MR) is 72.6 cm³/mol. The second-order valence-electron chi connectivity index (χ2n) is 4.73. The van der Waals surface area contributed by atoms with Gasteiger partial charge in [-0.2, -0.15) is 0 Å². The van der Waals surface area contributed by atoms with Gasteiger partial charge < -0.3 is 4.90 Å². The van der Waals surface area contributed by atoms with E-state index in [1.165, 1.54) is 6.07 Å². The molecule has 1 saturated heterocycles. The molecule has 1 aromatic carbocycles. The number of nitro groups is 1. The summed E-state index contributed by atoms with van der Waals surface area (Å²) >= 11 is 5.84. The van der Waals surface area contributed by atoms with Gasteiger partial charge in [-0.25, -0.2) is 0 Å². The maximum Gasteiger partial charge on any atom is 0.282 e. The number of rotatable bonds is 3. The normalized spacial score (nSPS) is 18.6. The van der Waals surface area contributed by atoms with Gasteiger partial charge >= 0.3 is 0 Å². The number of nitrogens with zero attached hydrogens (tertiary/aromatic N) is 2. The van der Waals surface area contributed by atoms with Gasteiger partial charge in [-0.05, 0) is 31.4 Å². The zero-order valence-electron chi connectivity index (χ0n) is 10.6. The summed E-state index contributed by atoms with van der Waals surface area (Å²) in [4.78, 5) is 24.6. The minimum Gasteiger partial charge on any atom is -0.334 e. The van der Waals surface area contributed by atoms with Gasteiger partial charge in [0.05, 0.1) is 4.92 Å². The predicted octanol–water partition coefficient (Wildman–Crippen LogP) is 2.75. The molecule has 0 N–H and O–H groups in total. The van der Waals surface area contributed by atoms with E-state index < -0.39 is 4.92 Å². The molecule has 1 aliphatic heterocycles. The third-order valence-electron chi connectivity index (χ3n) is 3.40. The van der Waals surface area contributed by atoms with E-state index in [4.69, 9.17) is 11.6 Å². The lowest BCUT2D eigenvalue weighted by molar-refractivity contribution is -0.385. The number of nitro benzene ring substituents is 1. The van der Waals surface area contributed by atoms with Crippen LogP contribution < -0.4 is 0 Å². The molecule has 1 amide bonds. The van der Waals surface area contributed by atoms with E-state index in [0.29, 0.717) is 12.4 Å². The Bertz CT molecular complexity index is 519. The molecule has 0 spiro atoms. The molecule has 1 atom stereocenters. The molecule has 1 fully saturated rings. The highest BCUT2D eigenvalue weighted by Gasteiger charge is 2.32. The molecule has 6 heteroatoms. The van der Waals surface area contributed by atoms with Gasteiger partial charge in [0.2, 0.25) is 0 Å². The molecule has 102 valence electrons. The van der Waals surface area contributed by atoms with Gasteiger partial charge in [-0.1, -0.05) is 6.07 Å². The lowest BCUT2D eigenvalue weighted by Gasteiger charge is -2.22. The minimum atomic E-state index is -0.515. The van der Waals surface area contributed by atoms with Crippen molar-refractivity contribution in [1.29, 1.82) is 0 Å². The molecular formula is C13H15ClN2O3. The SMILES string of the molecule is Cc1ccc([N+](=O)[O-])c(C(=O)N2CCCC2CCl)c1. The van der Waals surface area contributed by atoms with E-state index in [-0.39, 0.29) is 23.2 Å². The molecule has 19 heavy (non-hydrogen) atoms. The summed E-state index contributed by atoms with van der Waals surface area (Å²) in [5, 5.41) is 11.0. The van der Waals surface area contributed by atoms with Crippen LogP contribution in [-0.4, -0.2) is 34.2 Å². The average molecular weight is 283 g/mol. The lowest BCUT2D eigenvalue weighted by Crippen LogP contribution is -2.36. The molecule has 1 aliphatic rings. The Morgan fingerprint density at radius 2 is 2.32 bits per heavy atom. The first-order valence-corrected chi connectivity index (χ1v) is 6.70. The number of carbonyl (C=O) groups is 1. The smallest absolute Gasteiger partial charge is 0.282 e. The second kappa shape index (κ2) is 5.57. The maximum absolute atomic E-state index is 12.5. The lowest BCUT2D eigenvalue weighted by atomic mass is 10.1. The van der Waals surface area contributed by atoms with Crippen molar-refractivity contribution in [3.8, 4) is 0 Å². The topological polar surface area (TPSA) is 63.5 Å². The van der Waals surface area contributed by atoms with Crippen molar-refractivity contribution in [3.63, 3.8) is 0 Å². The average Bonchev–Trinajstić information content (AvgIpc) is 2.85. The van der Waals surface area contributed by atoms with Crippen LogP contribution in [0.25, 0.3) is 0 Å². The number of likely N-dealkylation sites (tertiary alicyclic amines) is 1. The zero-order valence-corrected chi connectivity index (χ0v) is 11.4. The number of alkyl halides is 1. The monoisotopic (exact) mass is 282 g/mol. The molecule has 0 radical (unpaired) electrons. The highest BCUT2D eigenvalue weighted by Crippen LogP contribution is 2.26. The van der Waals surface area contributed by atoms with Gasteiger partial charge in [0.15, 0.2) is 0 Å². The number of halogens is 1. The third-order valence-corrected chi connectivity index (χ3v) is 3.75. The van der Waals surface area contributed by atoms with Crippen LogP contribution in [0.5, 0.6) is 0 Å². The van der Waals surface area contributed by atoms with Crippen LogP contribution in [0.1, 0.15) is 28.8 Å². The number of hydrogen-bond acceptors (Lipinski definition) is 3. The van der Waals surface area contributed by atoms with Crippen LogP contribution in [0.2, 0.25) is 0 Å². The number of hydrogen-bond donors (Lipinski definition) is 0. The Balaban J connectivity index is 2.37. The van der Waals surface area contributed by atoms with Crippen LogP contribution in [0.3, 0.4) is 0 Å². The Morgan fingerprint density at radius 1 is 1.58 bits per heavy atom. The number of amides is 1. The quantitative estimate of drug-likeness (QED) is 0.486.